The van der Waals surface area contributed by atoms with Crippen LogP contribution < -0.4 is 15.4 Å². The molecule has 164 valence electrons. The van der Waals surface area contributed by atoms with Crippen molar-refractivity contribution in [3.63, 3.8) is 0 Å². The molecule has 2 unspecified atom stereocenters. The SMILES string of the molecule is CC(CN=O)SC(C)C(=O)NC12CCC(NC(=O)COc3ccc(Cl)c(F)c3)(C1)C2. The van der Waals surface area contributed by atoms with Gasteiger partial charge in [-0.25, -0.2) is 4.39 Å². The Morgan fingerprint density at radius 1 is 1.27 bits per heavy atom. The van der Waals surface area contributed by atoms with E-state index in [2.05, 4.69) is 15.8 Å². The molecule has 10 heteroatoms. The third-order valence-corrected chi connectivity index (χ3v) is 7.17. The van der Waals surface area contributed by atoms with Gasteiger partial charge in [0.25, 0.3) is 5.91 Å². The molecule has 3 fully saturated rings. The molecule has 30 heavy (non-hydrogen) atoms. The summed E-state index contributed by atoms with van der Waals surface area (Å²) in [5.74, 6) is -0.719. The summed E-state index contributed by atoms with van der Waals surface area (Å²) in [5.41, 5.74) is -0.616. The molecular formula is C20H25ClFN3O4S. The lowest BCUT2D eigenvalue weighted by molar-refractivity contribution is -0.127. The highest BCUT2D eigenvalue weighted by Gasteiger charge is 2.62. The number of nitrogens with zero attached hydrogens (tertiary/aromatic N) is 1. The molecular weight excluding hydrogens is 433 g/mol. The van der Waals surface area contributed by atoms with Gasteiger partial charge in [-0.05, 0) is 44.7 Å². The highest BCUT2D eigenvalue weighted by atomic mass is 35.5. The summed E-state index contributed by atoms with van der Waals surface area (Å²) in [6, 6.07) is 4.01. The quantitative estimate of drug-likeness (QED) is 0.524. The van der Waals surface area contributed by atoms with E-state index in [4.69, 9.17) is 16.3 Å². The van der Waals surface area contributed by atoms with E-state index >= 15 is 0 Å². The molecule has 3 aliphatic carbocycles. The number of hydrogen-bond donors (Lipinski definition) is 2. The van der Waals surface area contributed by atoms with Crippen LogP contribution in [0.3, 0.4) is 0 Å². The van der Waals surface area contributed by atoms with Gasteiger partial charge in [0.15, 0.2) is 6.61 Å². The van der Waals surface area contributed by atoms with Gasteiger partial charge in [0.2, 0.25) is 5.91 Å². The van der Waals surface area contributed by atoms with Crippen molar-refractivity contribution in [2.75, 3.05) is 13.2 Å². The minimum absolute atomic E-state index is 0.00733. The van der Waals surface area contributed by atoms with Crippen LogP contribution in [0.1, 0.15) is 39.5 Å². The number of ether oxygens (including phenoxy) is 1. The number of halogens is 2. The van der Waals surface area contributed by atoms with Crippen LogP contribution in [0.25, 0.3) is 0 Å². The first-order valence-corrected chi connectivity index (χ1v) is 11.1. The Labute approximate surface area is 183 Å². The van der Waals surface area contributed by atoms with Crippen LogP contribution in [0, 0.1) is 10.7 Å². The molecule has 0 aliphatic heterocycles. The van der Waals surface area contributed by atoms with Crippen LogP contribution in [0.4, 0.5) is 4.39 Å². The van der Waals surface area contributed by atoms with Gasteiger partial charge in [0.1, 0.15) is 11.6 Å². The number of rotatable bonds is 10. The third-order valence-electron chi connectivity index (χ3n) is 5.63. The Morgan fingerprint density at radius 2 is 1.93 bits per heavy atom. The molecule has 0 heterocycles. The van der Waals surface area contributed by atoms with Crippen molar-refractivity contribution in [2.45, 2.75) is 61.1 Å². The lowest BCUT2D eigenvalue weighted by Gasteiger charge is -2.48. The predicted octanol–water partition coefficient (Wildman–Crippen LogP) is 3.43. The van der Waals surface area contributed by atoms with Gasteiger partial charge in [-0.15, -0.1) is 11.8 Å². The summed E-state index contributed by atoms with van der Waals surface area (Å²) in [5, 5.41) is 8.71. The zero-order valence-corrected chi connectivity index (χ0v) is 18.4. The number of fused-ring (bicyclic) bond motifs is 1. The fourth-order valence-corrected chi connectivity index (χ4v) is 5.49. The van der Waals surface area contributed by atoms with Gasteiger partial charge in [-0.3, -0.25) is 9.59 Å². The van der Waals surface area contributed by atoms with E-state index in [1.165, 1.54) is 23.9 Å². The van der Waals surface area contributed by atoms with Crippen molar-refractivity contribution in [3.05, 3.63) is 33.9 Å². The van der Waals surface area contributed by atoms with Crippen LogP contribution in [0.15, 0.2) is 23.4 Å². The predicted molar refractivity (Wildman–Crippen MR) is 114 cm³/mol. The normalized spacial score (nSPS) is 26.3. The molecule has 3 aliphatic rings. The van der Waals surface area contributed by atoms with Crippen molar-refractivity contribution < 1.29 is 18.7 Å². The molecule has 3 saturated carbocycles. The summed E-state index contributed by atoms with van der Waals surface area (Å²) in [7, 11) is 0. The molecule has 2 bridgehead atoms. The van der Waals surface area contributed by atoms with E-state index < -0.39 is 5.82 Å². The van der Waals surface area contributed by atoms with E-state index in [-0.39, 0.29) is 57.3 Å². The molecule has 0 saturated heterocycles. The standard InChI is InChI=1S/C20H25ClFN3O4S/c1-12(8-23-28)30-13(2)18(27)25-20-6-5-19(10-20,11-20)24-17(26)9-29-14-3-4-15(21)16(22)7-14/h3-4,7,12-13H,5-6,8-11H2,1-2H3,(H,24,26)(H,25,27). The third kappa shape index (κ3) is 5.24. The number of nitroso groups, excluding NO2 is 1. The second kappa shape index (κ2) is 9.09. The summed E-state index contributed by atoms with van der Waals surface area (Å²) >= 11 is 7.05. The lowest BCUT2D eigenvalue weighted by Crippen LogP contribution is -2.65. The number of hydrogen-bond acceptors (Lipinski definition) is 6. The Morgan fingerprint density at radius 3 is 2.57 bits per heavy atom. The molecule has 4 rings (SSSR count). The van der Waals surface area contributed by atoms with Crippen molar-refractivity contribution in [3.8, 4) is 5.75 Å². The number of nitrogens with one attached hydrogen (secondary N) is 2. The second-order valence-electron chi connectivity index (χ2n) is 8.22. The van der Waals surface area contributed by atoms with Crippen molar-refractivity contribution in [1.29, 1.82) is 0 Å². The Balaban J connectivity index is 1.44. The molecule has 7 nitrogen and oxygen atoms in total. The van der Waals surface area contributed by atoms with Gasteiger partial charge in [-0.1, -0.05) is 23.7 Å². The molecule has 2 atom stereocenters. The highest BCUT2D eigenvalue weighted by molar-refractivity contribution is 8.01. The fourth-order valence-electron chi connectivity index (χ4n) is 4.35. The zero-order chi connectivity index (χ0) is 21.9. The topological polar surface area (TPSA) is 96.9 Å². The second-order valence-corrected chi connectivity index (χ2v) is 10.4. The maximum atomic E-state index is 13.4. The van der Waals surface area contributed by atoms with Crippen LogP contribution in [-0.2, 0) is 9.59 Å². The van der Waals surface area contributed by atoms with Crippen LogP contribution in [0.2, 0.25) is 5.02 Å². The van der Waals surface area contributed by atoms with Crippen molar-refractivity contribution >= 4 is 35.2 Å². The molecule has 1 aromatic rings. The van der Waals surface area contributed by atoms with Crippen LogP contribution >= 0.6 is 23.4 Å². The first-order valence-electron chi connectivity index (χ1n) is 9.81. The van der Waals surface area contributed by atoms with E-state index in [9.17, 15) is 18.9 Å². The fraction of sp³-hybridized carbons (Fsp3) is 0.600. The highest BCUT2D eigenvalue weighted by Crippen LogP contribution is 2.55. The van der Waals surface area contributed by atoms with E-state index in [1.807, 2.05) is 13.8 Å². The summed E-state index contributed by atoms with van der Waals surface area (Å²) in [4.78, 5) is 35.2. The van der Waals surface area contributed by atoms with Crippen LogP contribution in [0.5, 0.6) is 5.75 Å². The van der Waals surface area contributed by atoms with Gasteiger partial charge in [0, 0.05) is 22.4 Å². The Hall–Kier alpha value is -1.87. The molecule has 0 aromatic heterocycles. The van der Waals surface area contributed by atoms with Crippen molar-refractivity contribution in [1.82, 2.24) is 10.6 Å². The number of thioether (sulfide) groups is 1. The molecule has 2 N–H and O–H groups in total. The zero-order valence-electron chi connectivity index (χ0n) is 16.9. The summed E-state index contributed by atoms with van der Waals surface area (Å²) < 4.78 is 18.8. The lowest BCUT2D eigenvalue weighted by atomic mass is 9.71. The summed E-state index contributed by atoms with van der Waals surface area (Å²) in [6.45, 7) is 3.64. The smallest absolute Gasteiger partial charge is 0.258 e. The summed E-state index contributed by atoms with van der Waals surface area (Å²) in [6.07, 6.45) is 2.93. The molecule has 2 amide bonds. The number of benzene rings is 1. The maximum absolute atomic E-state index is 13.4. The Bertz CT molecular complexity index is 834. The monoisotopic (exact) mass is 457 g/mol. The van der Waals surface area contributed by atoms with Gasteiger partial charge in [0.05, 0.1) is 16.8 Å². The molecule has 1 aromatic carbocycles. The average molecular weight is 458 g/mol. The number of carbonyl (C=O) groups is 2. The van der Waals surface area contributed by atoms with E-state index in [0.29, 0.717) is 12.8 Å². The molecule has 0 spiro atoms. The van der Waals surface area contributed by atoms with Crippen molar-refractivity contribution in [2.24, 2.45) is 5.18 Å². The van der Waals surface area contributed by atoms with Gasteiger partial charge >= 0.3 is 0 Å². The minimum atomic E-state index is -0.604. The molecule has 0 radical (unpaired) electrons. The van der Waals surface area contributed by atoms with Gasteiger partial charge < -0.3 is 15.4 Å². The van der Waals surface area contributed by atoms with Gasteiger partial charge in [-0.2, -0.15) is 4.91 Å². The maximum Gasteiger partial charge on any atom is 0.258 e. The minimum Gasteiger partial charge on any atom is -0.484 e. The number of carbonyl (C=O) groups excluding carboxylic acids is 2. The Kier molecular flexibility index (Phi) is 6.91. The van der Waals surface area contributed by atoms with E-state index in [1.54, 1.807) is 0 Å². The first kappa shape index (κ1) is 22.8. The largest absolute Gasteiger partial charge is 0.484 e. The van der Waals surface area contributed by atoms with E-state index in [0.717, 1.165) is 18.9 Å². The number of amides is 2. The first-order chi connectivity index (χ1) is 14.2. The van der Waals surface area contributed by atoms with Crippen LogP contribution in [-0.4, -0.2) is 46.5 Å². The average Bonchev–Trinajstić information content (AvgIpc) is 3.17.